The number of aliphatic hydroxyl groups is 1. The van der Waals surface area contributed by atoms with Gasteiger partial charge in [-0.3, -0.25) is 0 Å². The van der Waals surface area contributed by atoms with Gasteiger partial charge < -0.3 is 5.11 Å². The first-order valence-corrected chi connectivity index (χ1v) is 5.77. The predicted molar refractivity (Wildman–Crippen MR) is 64.0 cm³/mol. The van der Waals surface area contributed by atoms with Crippen LogP contribution in [0.1, 0.15) is 38.0 Å². The quantitative estimate of drug-likeness (QED) is 0.817. The van der Waals surface area contributed by atoms with Crippen LogP contribution >= 0.6 is 15.9 Å². The molecule has 0 saturated carbocycles. The Balaban J connectivity index is 2.96. The third kappa shape index (κ3) is 3.25. The molecule has 0 fully saturated rings. The summed E-state index contributed by atoms with van der Waals surface area (Å²) >= 11 is 2.16. The zero-order chi connectivity index (χ0) is 12.6. The van der Waals surface area contributed by atoms with Gasteiger partial charge in [-0.15, -0.1) is 0 Å². The molecule has 1 unspecified atom stereocenters. The Kier molecular flexibility index (Phi) is 3.75. The van der Waals surface area contributed by atoms with Crippen molar-refractivity contribution >= 4 is 15.9 Å². The van der Waals surface area contributed by atoms with Gasteiger partial charge in [0.05, 0.1) is 0 Å². The Morgan fingerprint density at radius 1 is 1.12 bits per heavy atom. The van der Waals surface area contributed by atoms with E-state index in [2.05, 4.69) is 15.9 Å². The first-order valence-electron chi connectivity index (χ1n) is 4.97. The van der Waals surface area contributed by atoms with E-state index in [0.29, 0.717) is 0 Å². The smallest absolute Gasteiger partial charge is 0.330 e. The van der Waals surface area contributed by atoms with Crippen molar-refractivity contribution in [3.63, 3.8) is 0 Å². The van der Waals surface area contributed by atoms with Gasteiger partial charge in [-0.1, -0.05) is 45.0 Å². The highest BCUT2D eigenvalue weighted by molar-refractivity contribution is 9.10. The molecule has 0 aliphatic heterocycles. The van der Waals surface area contributed by atoms with Crippen LogP contribution in [-0.4, -0.2) is 9.94 Å². The molecule has 0 aliphatic rings. The number of aliphatic hydroxyl groups excluding tert-OH is 1. The summed E-state index contributed by atoms with van der Waals surface area (Å²) in [5.41, 5.74) is 1.22. The minimum absolute atomic E-state index is 0.0274. The lowest BCUT2D eigenvalue weighted by Crippen LogP contribution is -2.18. The Bertz CT molecular complexity index is 349. The van der Waals surface area contributed by atoms with Gasteiger partial charge >= 0.3 is 4.83 Å². The Labute approximate surface area is 103 Å². The van der Waals surface area contributed by atoms with Crippen molar-refractivity contribution in [3.8, 4) is 0 Å². The van der Waals surface area contributed by atoms with E-state index < -0.39 is 10.9 Å². The van der Waals surface area contributed by atoms with Crippen molar-refractivity contribution in [1.29, 1.82) is 0 Å². The zero-order valence-electron chi connectivity index (χ0n) is 9.47. The van der Waals surface area contributed by atoms with E-state index in [9.17, 15) is 13.9 Å². The molecule has 1 aromatic rings. The van der Waals surface area contributed by atoms with Crippen molar-refractivity contribution in [2.45, 2.75) is 37.1 Å². The molecule has 0 aliphatic carbocycles. The standard InChI is InChI=1S/C12H15BrF2O/c1-11(2,3)9-6-4-8(5-7-9)10(16)12(13,14)15/h4-7,10,16H,1-3H3. The van der Waals surface area contributed by atoms with Gasteiger partial charge in [0.15, 0.2) is 6.10 Å². The Hall–Kier alpha value is -0.480. The number of halogens is 3. The lowest BCUT2D eigenvalue weighted by atomic mass is 9.86. The molecular formula is C12H15BrF2O. The molecule has 16 heavy (non-hydrogen) atoms. The van der Waals surface area contributed by atoms with Crippen molar-refractivity contribution < 1.29 is 13.9 Å². The minimum Gasteiger partial charge on any atom is -0.381 e. The monoisotopic (exact) mass is 292 g/mol. The lowest BCUT2D eigenvalue weighted by Gasteiger charge is -2.21. The fourth-order valence-electron chi connectivity index (χ4n) is 1.35. The maximum atomic E-state index is 12.8. The van der Waals surface area contributed by atoms with Crippen LogP contribution in [0.25, 0.3) is 0 Å². The highest BCUT2D eigenvalue weighted by Crippen LogP contribution is 2.37. The summed E-state index contributed by atoms with van der Waals surface area (Å²) < 4.78 is 25.6. The summed E-state index contributed by atoms with van der Waals surface area (Å²) in [5.74, 6) is 0. The normalized spacial score (nSPS) is 14.9. The highest BCUT2D eigenvalue weighted by Gasteiger charge is 2.36. The van der Waals surface area contributed by atoms with Crippen LogP contribution in [0.15, 0.2) is 24.3 Å². The van der Waals surface area contributed by atoms with E-state index in [1.54, 1.807) is 12.1 Å². The topological polar surface area (TPSA) is 20.2 Å². The van der Waals surface area contributed by atoms with Crippen LogP contribution in [0.3, 0.4) is 0 Å². The molecule has 0 saturated heterocycles. The second-order valence-electron chi connectivity index (χ2n) is 4.82. The molecule has 0 amide bonds. The maximum absolute atomic E-state index is 12.8. The molecule has 1 nitrogen and oxygen atoms in total. The van der Waals surface area contributed by atoms with Gasteiger partial charge in [-0.2, -0.15) is 8.78 Å². The molecule has 1 rings (SSSR count). The highest BCUT2D eigenvalue weighted by atomic mass is 79.9. The number of hydrogen-bond acceptors (Lipinski definition) is 1. The Morgan fingerprint density at radius 3 is 1.88 bits per heavy atom. The van der Waals surface area contributed by atoms with Crippen LogP contribution in [0, 0.1) is 0 Å². The molecule has 1 N–H and O–H groups in total. The van der Waals surface area contributed by atoms with Crippen molar-refractivity contribution in [2.75, 3.05) is 0 Å². The molecular weight excluding hydrogens is 278 g/mol. The SMILES string of the molecule is CC(C)(C)c1ccc(C(O)C(F)(F)Br)cc1. The van der Waals surface area contributed by atoms with Crippen LogP contribution in [0.2, 0.25) is 0 Å². The van der Waals surface area contributed by atoms with E-state index in [0.717, 1.165) is 5.56 Å². The summed E-state index contributed by atoms with van der Waals surface area (Å²) in [6.45, 7) is 6.12. The van der Waals surface area contributed by atoms with Gasteiger partial charge in [0.25, 0.3) is 0 Å². The van der Waals surface area contributed by atoms with Gasteiger partial charge in [0.1, 0.15) is 0 Å². The number of hydrogen-bond donors (Lipinski definition) is 1. The fourth-order valence-corrected chi connectivity index (χ4v) is 1.62. The molecule has 0 heterocycles. The van der Waals surface area contributed by atoms with Crippen LogP contribution in [-0.2, 0) is 5.41 Å². The second kappa shape index (κ2) is 4.41. The second-order valence-corrected chi connectivity index (χ2v) is 5.87. The molecule has 0 bridgehead atoms. The lowest BCUT2D eigenvalue weighted by molar-refractivity contribution is -0.0294. The minimum atomic E-state index is -3.30. The van der Waals surface area contributed by atoms with Gasteiger partial charge in [0.2, 0.25) is 0 Å². The average Bonchev–Trinajstić information content (AvgIpc) is 2.14. The summed E-state index contributed by atoms with van der Waals surface area (Å²) in [7, 11) is 0. The van der Waals surface area contributed by atoms with E-state index in [-0.39, 0.29) is 11.0 Å². The summed E-state index contributed by atoms with van der Waals surface area (Å²) in [6, 6.07) is 6.58. The van der Waals surface area contributed by atoms with E-state index in [1.807, 2.05) is 20.8 Å². The molecule has 4 heteroatoms. The third-order valence-electron chi connectivity index (χ3n) is 2.40. The average molecular weight is 293 g/mol. The third-order valence-corrected chi connectivity index (χ3v) is 2.84. The maximum Gasteiger partial charge on any atom is 0.330 e. The number of rotatable bonds is 2. The molecule has 0 radical (unpaired) electrons. The number of alkyl halides is 3. The Morgan fingerprint density at radius 2 is 1.56 bits per heavy atom. The fraction of sp³-hybridized carbons (Fsp3) is 0.500. The summed E-state index contributed by atoms with van der Waals surface area (Å²) in [5, 5.41) is 9.35. The largest absolute Gasteiger partial charge is 0.381 e. The summed E-state index contributed by atoms with van der Waals surface area (Å²) in [6.07, 6.45) is -1.82. The van der Waals surface area contributed by atoms with Gasteiger partial charge in [-0.25, -0.2) is 0 Å². The number of benzene rings is 1. The van der Waals surface area contributed by atoms with Crippen molar-refractivity contribution in [1.82, 2.24) is 0 Å². The van der Waals surface area contributed by atoms with Gasteiger partial charge in [-0.05, 0) is 32.5 Å². The zero-order valence-corrected chi connectivity index (χ0v) is 11.1. The van der Waals surface area contributed by atoms with Gasteiger partial charge in [0, 0.05) is 0 Å². The molecule has 0 spiro atoms. The molecule has 0 aromatic heterocycles. The first kappa shape index (κ1) is 13.6. The van der Waals surface area contributed by atoms with Crippen molar-refractivity contribution in [2.24, 2.45) is 0 Å². The van der Waals surface area contributed by atoms with Crippen LogP contribution in [0.4, 0.5) is 8.78 Å². The van der Waals surface area contributed by atoms with E-state index in [4.69, 9.17) is 0 Å². The van der Waals surface area contributed by atoms with E-state index >= 15 is 0 Å². The summed E-state index contributed by atoms with van der Waals surface area (Å²) in [4.78, 5) is -3.30. The van der Waals surface area contributed by atoms with E-state index in [1.165, 1.54) is 12.1 Å². The molecule has 90 valence electrons. The van der Waals surface area contributed by atoms with Crippen LogP contribution in [0.5, 0.6) is 0 Å². The predicted octanol–water partition coefficient (Wildman–Crippen LogP) is 4.01. The molecule has 1 atom stereocenters. The molecule has 1 aromatic carbocycles. The van der Waals surface area contributed by atoms with Crippen molar-refractivity contribution in [3.05, 3.63) is 35.4 Å². The van der Waals surface area contributed by atoms with Crippen LogP contribution < -0.4 is 0 Å². The first-order chi connectivity index (χ1) is 7.12.